The number of carboxylic acid groups (broad SMARTS) is 1. The largest absolute Gasteiger partial charge is 0.484 e. The van der Waals surface area contributed by atoms with Gasteiger partial charge in [0.2, 0.25) is 10.0 Å². The lowest BCUT2D eigenvalue weighted by atomic mass is 10.0. The van der Waals surface area contributed by atoms with Gasteiger partial charge in [0.25, 0.3) is 5.91 Å². The lowest BCUT2D eigenvalue weighted by Crippen LogP contribution is -2.61. The Morgan fingerprint density at radius 3 is 2.62 bits per heavy atom. The average molecular weight is 550 g/mol. The standard InChI is InChI=1S/C24H27N3O8S2/c1-24(2)22(23(30)26-31)27(10-11-36-24)37(32,33)15-5-7-18-17(13-15)16-6-4-14(12-19(16)35-18)25-20(34-3)8-9-21(28)29/h4-7,12-13,22,31H,8-11H2,1-3H3,(H,26,30)(H,28,29). The molecule has 1 atom stereocenters. The number of hydroxylamine groups is 1. The van der Waals surface area contributed by atoms with Crippen LogP contribution in [0.15, 0.2) is 50.7 Å². The maximum atomic E-state index is 13.7. The summed E-state index contributed by atoms with van der Waals surface area (Å²) in [6.45, 7) is 3.65. The molecule has 1 aliphatic rings. The zero-order chi connectivity index (χ0) is 27.0. The highest BCUT2D eigenvalue weighted by Crippen LogP contribution is 2.39. The summed E-state index contributed by atoms with van der Waals surface area (Å²) < 4.78 is 38.8. The molecule has 37 heavy (non-hydrogen) atoms. The summed E-state index contributed by atoms with van der Waals surface area (Å²) in [5, 5.41) is 19.4. The van der Waals surface area contributed by atoms with Gasteiger partial charge in [-0.1, -0.05) is 0 Å². The third-order valence-electron chi connectivity index (χ3n) is 6.17. The highest BCUT2D eigenvalue weighted by atomic mass is 32.2. The smallest absolute Gasteiger partial charge is 0.303 e. The topological polar surface area (TPSA) is 159 Å². The molecule has 1 aromatic heterocycles. The quantitative estimate of drug-likeness (QED) is 0.173. The summed E-state index contributed by atoms with van der Waals surface area (Å²) in [4.78, 5) is 27.7. The number of hydrogen-bond donors (Lipinski definition) is 3. The van der Waals surface area contributed by atoms with Crippen molar-refractivity contribution >= 4 is 67.2 Å². The number of aliphatic imine (C=N–C) groups is 1. The minimum atomic E-state index is -4.10. The van der Waals surface area contributed by atoms with Gasteiger partial charge in [-0.25, -0.2) is 18.9 Å². The molecule has 2 aromatic carbocycles. The Morgan fingerprint density at radius 1 is 1.19 bits per heavy atom. The second-order valence-electron chi connectivity index (χ2n) is 8.99. The number of furan rings is 1. The maximum Gasteiger partial charge on any atom is 0.303 e. The molecule has 3 aromatic rings. The summed E-state index contributed by atoms with van der Waals surface area (Å²) in [7, 11) is -2.68. The number of methoxy groups -OCH3 is 1. The Hall–Kier alpha value is -3.13. The van der Waals surface area contributed by atoms with Crippen LogP contribution in [0, 0.1) is 0 Å². The van der Waals surface area contributed by atoms with Crippen LogP contribution in [0.2, 0.25) is 0 Å². The Balaban J connectivity index is 1.73. The van der Waals surface area contributed by atoms with Gasteiger partial charge in [0, 0.05) is 40.3 Å². The number of carbonyl (C=O) groups is 2. The van der Waals surface area contributed by atoms with Gasteiger partial charge in [-0.2, -0.15) is 16.1 Å². The number of fused-ring (bicyclic) bond motifs is 3. The van der Waals surface area contributed by atoms with Crippen LogP contribution in [0.1, 0.15) is 26.7 Å². The van der Waals surface area contributed by atoms with Crippen LogP contribution < -0.4 is 5.48 Å². The van der Waals surface area contributed by atoms with Crippen molar-refractivity contribution in [3.63, 3.8) is 0 Å². The summed E-state index contributed by atoms with van der Waals surface area (Å²) in [5.41, 5.74) is 3.03. The van der Waals surface area contributed by atoms with Crippen LogP contribution in [0.3, 0.4) is 0 Å². The van der Waals surface area contributed by atoms with E-state index >= 15 is 0 Å². The maximum absolute atomic E-state index is 13.7. The minimum absolute atomic E-state index is 0.00132. The van der Waals surface area contributed by atoms with Crippen molar-refractivity contribution in [1.29, 1.82) is 0 Å². The number of amides is 1. The Labute approximate surface area is 217 Å². The number of rotatable bonds is 7. The highest BCUT2D eigenvalue weighted by molar-refractivity contribution is 8.01. The third-order valence-corrected chi connectivity index (χ3v) is 9.38. The van der Waals surface area contributed by atoms with Gasteiger partial charge in [-0.3, -0.25) is 14.8 Å². The van der Waals surface area contributed by atoms with Crippen LogP contribution >= 0.6 is 11.8 Å². The lowest BCUT2D eigenvalue weighted by Gasteiger charge is -2.43. The summed E-state index contributed by atoms with van der Waals surface area (Å²) >= 11 is 1.46. The van der Waals surface area contributed by atoms with Crippen LogP contribution in [0.4, 0.5) is 5.69 Å². The normalized spacial score (nSPS) is 18.7. The van der Waals surface area contributed by atoms with Crippen LogP contribution in [0.5, 0.6) is 0 Å². The average Bonchev–Trinajstić information content (AvgIpc) is 3.22. The van der Waals surface area contributed by atoms with E-state index in [0.717, 1.165) is 4.31 Å². The van der Waals surface area contributed by atoms with E-state index in [9.17, 15) is 23.2 Å². The SMILES string of the molecule is COC(CCC(=O)O)=Nc1ccc2c(c1)oc1ccc(S(=O)(=O)N3CCSC(C)(C)C3C(=O)NO)cc12. The number of carboxylic acids is 1. The minimum Gasteiger partial charge on any atom is -0.484 e. The Kier molecular flexibility index (Phi) is 7.51. The summed E-state index contributed by atoms with van der Waals surface area (Å²) in [6, 6.07) is 8.49. The van der Waals surface area contributed by atoms with E-state index in [0.29, 0.717) is 33.4 Å². The van der Waals surface area contributed by atoms with Gasteiger partial charge >= 0.3 is 5.97 Å². The van der Waals surface area contributed by atoms with Crippen molar-refractivity contribution in [2.45, 2.75) is 42.4 Å². The molecular formula is C24H27N3O8S2. The molecule has 1 amide bonds. The fraction of sp³-hybridized carbons (Fsp3) is 0.375. The molecule has 4 rings (SSSR count). The first-order chi connectivity index (χ1) is 17.5. The Bertz CT molecular complexity index is 1500. The van der Waals surface area contributed by atoms with Gasteiger partial charge in [0.1, 0.15) is 17.2 Å². The van der Waals surface area contributed by atoms with Crippen molar-refractivity contribution in [3.8, 4) is 0 Å². The molecular weight excluding hydrogens is 522 g/mol. The number of ether oxygens (including phenoxy) is 1. The van der Waals surface area contributed by atoms with Gasteiger partial charge in [0.05, 0.1) is 24.1 Å². The fourth-order valence-corrected chi connectivity index (χ4v) is 7.53. The van der Waals surface area contributed by atoms with Crippen molar-refractivity contribution in [2.24, 2.45) is 4.99 Å². The van der Waals surface area contributed by atoms with Crippen molar-refractivity contribution in [3.05, 3.63) is 36.4 Å². The zero-order valence-corrected chi connectivity index (χ0v) is 22.1. The fourth-order valence-electron chi connectivity index (χ4n) is 4.39. The number of thioether (sulfide) groups is 1. The molecule has 0 saturated carbocycles. The molecule has 1 fully saturated rings. The third kappa shape index (κ3) is 5.30. The number of aliphatic carboxylic acids is 1. The summed E-state index contributed by atoms with van der Waals surface area (Å²) in [5.74, 6) is -0.992. The first-order valence-electron chi connectivity index (χ1n) is 11.4. The van der Waals surface area contributed by atoms with Crippen molar-refractivity contribution < 1.29 is 37.5 Å². The molecule has 0 radical (unpaired) electrons. The summed E-state index contributed by atoms with van der Waals surface area (Å²) in [6.07, 6.45) is 0.0108. The highest BCUT2D eigenvalue weighted by Gasteiger charge is 2.48. The number of nitrogens with one attached hydrogen (secondary N) is 1. The van der Waals surface area contributed by atoms with Crippen LogP contribution in [-0.4, -0.2) is 71.0 Å². The van der Waals surface area contributed by atoms with E-state index in [2.05, 4.69) is 4.99 Å². The number of hydrogen-bond acceptors (Lipinski definition) is 9. The zero-order valence-electron chi connectivity index (χ0n) is 20.4. The van der Waals surface area contributed by atoms with Gasteiger partial charge in [-0.05, 0) is 44.2 Å². The molecule has 0 spiro atoms. The second-order valence-corrected chi connectivity index (χ2v) is 12.6. The van der Waals surface area contributed by atoms with E-state index in [1.165, 1.54) is 31.0 Å². The van der Waals surface area contributed by atoms with Crippen LogP contribution in [-0.2, 0) is 24.3 Å². The van der Waals surface area contributed by atoms with E-state index in [1.54, 1.807) is 43.6 Å². The molecule has 0 aliphatic carbocycles. The second kappa shape index (κ2) is 10.3. The molecule has 2 heterocycles. The number of sulfonamides is 1. The molecule has 3 N–H and O–H groups in total. The predicted octanol–water partition coefficient (Wildman–Crippen LogP) is 3.52. The molecule has 198 valence electrons. The van der Waals surface area contributed by atoms with E-state index in [4.69, 9.17) is 14.3 Å². The Morgan fingerprint density at radius 2 is 1.95 bits per heavy atom. The molecule has 1 unspecified atom stereocenters. The molecule has 13 heteroatoms. The van der Waals surface area contributed by atoms with E-state index in [-0.39, 0.29) is 30.2 Å². The van der Waals surface area contributed by atoms with Gasteiger partial charge < -0.3 is 14.3 Å². The predicted molar refractivity (Wildman–Crippen MR) is 139 cm³/mol. The number of nitrogens with zero attached hydrogens (tertiary/aromatic N) is 2. The monoisotopic (exact) mass is 549 g/mol. The number of benzene rings is 2. The first-order valence-corrected chi connectivity index (χ1v) is 13.8. The van der Waals surface area contributed by atoms with Crippen molar-refractivity contribution in [2.75, 3.05) is 19.4 Å². The molecule has 0 bridgehead atoms. The van der Waals surface area contributed by atoms with Crippen LogP contribution in [0.25, 0.3) is 21.9 Å². The molecule has 11 nitrogen and oxygen atoms in total. The first kappa shape index (κ1) is 26.9. The molecule has 1 aliphatic heterocycles. The molecule has 1 saturated heterocycles. The van der Waals surface area contributed by atoms with Crippen molar-refractivity contribution in [1.82, 2.24) is 9.79 Å². The van der Waals surface area contributed by atoms with Gasteiger partial charge in [0.15, 0.2) is 5.90 Å². The lowest BCUT2D eigenvalue weighted by molar-refractivity contribution is -0.137. The number of carbonyl (C=O) groups excluding carboxylic acids is 1. The van der Waals surface area contributed by atoms with Gasteiger partial charge in [-0.15, -0.1) is 0 Å². The van der Waals surface area contributed by atoms with E-state index < -0.39 is 32.7 Å². The van der Waals surface area contributed by atoms with E-state index in [1.807, 2.05) is 0 Å².